The van der Waals surface area contributed by atoms with Crippen LogP contribution < -0.4 is 10.5 Å². The van der Waals surface area contributed by atoms with Crippen LogP contribution in [0.5, 0.6) is 0 Å². The summed E-state index contributed by atoms with van der Waals surface area (Å²) in [7, 11) is 0. The first-order chi connectivity index (χ1) is 8.20. The summed E-state index contributed by atoms with van der Waals surface area (Å²) in [5, 5.41) is 0. The first kappa shape index (κ1) is 16.4. The van der Waals surface area contributed by atoms with Crippen molar-refractivity contribution in [2.45, 2.75) is 38.6 Å². The van der Waals surface area contributed by atoms with Crippen molar-refractivity contribution in [2.24, 2.45) is 5.73 Å². The second kappa shape index (κ2) is 11.9. The van der Waals surface area contributed by atoms with Crippen molar-refractivity contribution in [1.82, 2.24) is 4.72 Å². The molecule has 0 bridgehead atoms. The lowest BCUT2D eigenvalue weighted by Gasteiger charge is -2.06. The highest BCUT2D eigenvalue weighted by molar-refractivity contribution is 7.97. The standard InChI is InChI=1S/C11H22N2O3S/c1-2-3-4-5-6-16-11(15)7-13-17-9-10(12)8-14/h8,10,13H,2-7,9,12H2,1H3/t10-/m1/s1. The molecule has 0 saturated carbocycles. The second-order valence-corrected chi connectivity index (χ2v) is 4.62. The summed E-state index contributed by atoms with van der Waals surface area (Å²) < 4.78 is 7.81. The monoisotopic (exact) mass is 262 g/mol. The highest BCUT2D eigenvalue weighted by atomic mass is 32.2. The quantitative estimate of drug-likeness (QED) is 0.249. The van der Waals surface area contributed by atoms with Gasteiger partial charge in [0.05, 0.1) is 12.6 Å². The first-order valence-corrected chi connectivity index (χ1v) is 6.90. The molecule has 0 amide bonds. The molecule has 5 nitrogen and oxygen atoms in total. The van der Waals surface area contributed by atoms with Crippen LogP contribution in [0.25, 0.3) is 0 Å². The van der Waals surface area contributed by atoms with E-state index in [0.29, 0.717) is 18.6 Å². The lowest BCUT2D eigenvalue weighted by molar-refractivity contribution is -0.142. The van der Waals surface area contributed by atoms with Crippen molar-refractivity contribution >= 4 is 24.2 Å². The number of hydrogen-bond acceptors (Lipinski definition) is 6. The molecule has 0 rings (SSSR count). The van der Waals surface area contributed by atoms with Gasteiger partial charge in [0.2, 0.25) is 0 Å². The fourth-order valence-electron chi connectivity index (χ4n) is 1.07. The van der Waals surface area contributed by atoms with E-state index in [2.05, 4.69) is 11.6 Å². The van der Waals surface area contributed by atoms with Crippen molar-refractivity contribution in [3.8, 4) is 0 Å². The van der Waals surface area contributed by atoms with Gasteiger partial charge in [-0.05, 0) is 6.42 Å². The van der Waals surface area contributed by atoms with Gasteiger partial charge in [-0.25, -0.2) is 0 Å². The van der Waals surface area contributed by atoms with Crippen LogP contribution in [0.1, 0.15) is 32.6 Å². The van der Waals surface area contributed by atoms with Crippen LogP contribution in [0.4, 0.5) is 0 Å². The molecule has 17 heavy (non-hydrogen) atoms. The van der Waals surface area contributed by atoms with Gasteiger partial charge < -0.3 is 15.3 Å². The Bertz CT molecular complexity index is 215. The number of aldehydes is 1. The number of nitrogens with one attached hydrogen (secondary N) is 1. The van der Waals surface area contributed by atoms with Gasteiger partial charge in [0, 0.05) is 5.75 Å². The fraction of sp³-hybridized carbons (Fsp3) is 0.818. The molecule has 0 aliphatic carbocycles. The SMILES string of the molecule is CCCCCCOC(=O)CNSC[C@H](N)C=O. The minimum Gasteiger partial charge on any atom is -0.465 e. The van der Waals surface area contributed by atoms with Crippen molar-refractivity contribution < 1.29 is 14.3 Å². The Kier molecular flexibility index (Phi) is 11.5. The molecule has 0 aromatic rings. The number of rotatable bonds is 11. The van der Waals surface area contributed by atoms with Gasteiger partial charge in [0.15, 0.2) is 0 Å². The molecule has 0 saturated heterocycles. The zero-order valence-corrected chi connectivity index (χ0v) is 11.1. The van der Waals surface area contributed by atoms with E-state index < -0.39 is 6.04 Å². The van der Waals surface area contributed by atoms with Gasteiger partial charge in [-0.3, -0.25) is 9.52 Å². The Labute approximate surface area is 107 Å². The number of ether oxygens (including phenoxy) is 1. The van der Waals surface area contributed by atoms with E-state index in [-0.39, 0.29) is 12.5 Å². The zero-order chi connectivity index (χ0) is 12.9. The van der Waals surface area contributed by atoms with Crippen molar-refractivity contribution in [1.29, 1.82) is 0 Å². The molecule has 0 radical (unpaired) electrons. The van der Waals surface area contributed by atoms with E-state index in [4.69, 9.17) is 10.5 Å². The third-order valence-electron chi connectivity index (χ3n) is 2.03. The number of carbonyl (C=O) groups excluding carboxylic acids is 2. The Hall–Kier alpha value is -0.590. The highest BCUT2D eigenvalue weighted by Gasteiger charge is 2.03. The molecule has 3 N–H and O–H groups in total. The van der Waals surface area contributed by atoms with E-state index in [1.165, 1.54) is 24.8 Å². The molecular weight excluding hydrogens is 240 g/mol. The topological polar surface area (TPSA) is 81.4 Å². The maximum atomic E-state index is 11.2. The molecule has 0 aromatic carbocycles. The lowest BCUT2D eigenvalue weighted by Crippen LogP contribution is -2.27. The van der Waals surface area contributed by atoms with Gasteiger partial charge in [0.25, 0.3) is 0 Å². The molecule has 0 unspecified atom stereocenters. The number of carbonyl (C=O) groups is 2. The molecule has 0 fully saturated rings. The predicted molar refractivity (Wildman–Crippen MR) is 69.6 cm³/mol. The zero-order valence-electron chi connectivity index (χ0n) is 10.3. The van der Waals surface area contributed by atoms with Crippen LogP contribution in [0, 0.1) is 0 Å². The molecule has 0 heterocycles. The Morgan fingerprint density at radius 1 is 1.47 bits per heavy atom. The van der Waals surface area contributed by atoms with Gasteiger partial charge >= 0.3 is 5.97 Å². The summed E-state index contributed by atoms with van der Waals surface area (Å²) in [5.41, 5.74) is 5.37. The largest absolute Gasteiger partial charge is 0.465 e. The normalized spacial score (nSPS) is 12.1. The summed E-state index contributed by atoms with van der Waals surface area (Å²) in [6, 6.07) is -0.488. The molecule has 0 aliphatic heterocycles. The Balaban J connectivity index is 3.26. The van der Waals surface area contributed by atoms with Gasteiger partial charge in [-0.1, -0.05) is 38.1 Å². The van der Waals surface area contributed by atoms with Gasteiger partial charge in [-0.15, -0.1) is 0 Å². The van der Waals surface area contributed by atoms with Crippen LogP contribution in [0.15, 0.2) is 0 Å². The average Bonchev–Trinajstić information content (AvgIpc) is 2.34. The van der Waals surface area contributed by atoms with E-state index in [9.17, 15) is 9.59 Å². The van der Waals surface area contributed by atoms with Gasteiger partial charge in [-0.2, -0.15) is 0 Å². The van der Waals surface area contributed by atoms with E-state index >= 15 is 0 Å². The number of hydrogen-bond donors (Lipinski definition) is 2. The molecule has 0 aromatic heterocycles. The minimum absolute atomic E-state index is 0.143. The average molecular weight is 262 g/mol. The summed E-state index contributed by atoms with van der Waals surface area (Å²) in [5.74, 6) is 0.182. The molecule has 6 heteroatoms. The summed E-state index contributed by atoms with van der Waals surface area (Å²) in [4.78, 5) is 21.4. The second-order valence-electron chi connectivity index (χ2n) is 3.71. The number of esters is 1. The number of unbranched alkanes of at least 4 members (excludes halogenated alkanes) is 3. The van der Waals surface area contributed by atoms with Crippen LogP contribution in [0.2, 0.25) is 0 Å². The molecular formula is C11H22N2O3S. The maximum Gasteiger partial charge on any atom is 0.320 e. The van der Waals surface area contributed by atoms with Gasteiger partial charge in [0.1, 0.15) is 12.8 Å². The predicted octanol–water partition coefficient (Wildman–Crippen LogP) is 0.874. The maximum absolute atomic E-state index is 11.2. The molecule has 1 atom stereocenters. The van der Waals surface area contributed by atoms with E-state index in [0.717, 1.165) is 12.8 Å². The molecule has 0 aliphatic rings. The summed E-state index contributed by atoms with van der Waals surface area (Å²) >= 11 is 1.25. The van der Waals surface area contributed by atoms with Crippen molar-refractivity contribution in [3.63, 3.8) is 0 Å². The highest BCUT2D eigenvalue weighted by Crippen LogP contribution is 1.99. The smallest absolute Gasteiger partial charge is 0.320 e. The van der Waals surface area contributed by atoms with Crippen LogP contribution >= 0.6 is 11.9 Å². The lowest BCUT2D eigenvalue weighted by atomic mass is 10.2. The minimum atomic E-state index is -0.488. The third-order valence-corrected chi connectivity index (χ3v) is 2.93. The summed E-state index contributed by atoms with van der Waals surface area (Å²) in [6.07, 6.45) is 5.04. The fourth-order valence-corrected chi connectivity index (χ4v) is 1.68. The molecule has 100 valence electrons. The van der Waals surface area contributed by atoms with Crippen molar-refractivity contribution in [2.75, 3.05) is 18.9 Å². The molecule has 0 spiro atoms. The van der Waals surface area contributed by atoms with E-state index in [1.54, 1.807) is 0 Å². The van der Waals surface area contributed by atoms with Crippen LogP contribution in [0.3, 0.4) is 0 Å². The first-order valence-electron chi connectivity index (χ1n) is 5.91. The van der Waals surface area contributed by atoms with Crippen LogP contribution in [-0.4, -0.2) is 37.2 Å². The van der Waals surface area contributed by atoms with E-state index in [1.807, 2.05) is 0 Å². The third kappa shape index (κ3) is 11.7. The summed E-state index contributed by atoms with van der Waals surface area (Å²) in [6.45, 7) is 2.76. The Morgan fingerprint density at radius 3 is 2.88 bits per heavy atom. The number of nitrogens with two attached hydrogens (primary N) is 1. The van der Waals surface area contributed by atoms with Crippen LogP contribution in [-0.2, 0) is 14.3 Å². The Morgan fingerprint density at radius 2 is 2.24 bits per heavy atom. The van der Waals surface area contributed by atoms with Crippen molar-refractivity contribution in [3.05, 3.63) is 0 Å².